The highest BCUT2D eigenvalue weighted by Gasteiger charge is 2.35. The van der Waals surface area contributed by atoms with Crippen molar-refractivity contribution >= 4 is 11.9 Å². The van der Waals surface area contributed by atoms with Gasteiger partial charge in [0.1, 0.15) is 6.04 Å². The zero-order valence-corrected chi connectivity index (χ0v) is 9.57. The van der Waals surface area contributed by atoms with E-state index >= 15 is 0 Å². The van der Waals surface area contributed by atoms with Gasteiger partial charge < -0.3 is 10.1 Å². The predicted molar refractivity (Wildman–Crippen MR) is 57.7 cm³/mol. The number of likely N-dealkylation sites (tertiary alicyclic amines) is 1. The van der Waals surface area contributed by atoms with E-state index in [1.54, 1.807) is 7.05 Å². The average molecular weight is 226 g/mol. The molecule has 0 aliphatic carbocycles. The molecule has 0 spiro atoms. The van der Waals surface area contributed by atoms with Gasteiger partial charge in [-0.15, -0.1) is 0 Å². The molecule has 1 atom stereocenters. The number of rotatable bonds is 2. The zero-order chi connectivity index (χ0) is 11.5. The summed E-state index contributed by atoms with van der Waals surface area (Å²) in [6.07, 6.45) is 2.47. The van der Waals surface area contributed by atoms with E-state index in [1.807, 2.05) is 0 Å². The van der Waals surface area contributed by atoms with Crippen molar-refractivity contribution in [3.05, 3.63) is 0 Å². The first-order chi connectivity index (χ1) is 7.72. The van der Waals surface area contributed by atoms with Crippen molar-refractivity contribution in [3.63, 3.8) is 0 Å². The summed E-state index contributed by atoms with van der Waals surface area (Å²) in [4.78, 5) is 25.0. The van der Waals surface area contributed by atoms with Crippen molar-refractivity contribution in [3.8, 4) is 0 Å². The summed E-state index contributed by atoms with van der Waals surface area (Å²) in [5, 5.41) is 2.68. The van der Waals surface area contributed by atoms with Gasteiger partial charge >= 0.3 is 5.97 Å². The van der Waals surface area contributed by atoms with Gasteiger partial charge in [0.2, 0.25) is 5.91 Å². The van der Waals surface area contributed by atoms with E-state index in [1.165, 1.54) is 0 Å². The molecular weight excluding hydrogens is 208 g/mol. The Morgan fingerprint density at radius 3 is 2.56 bits per heavy atom. The van der Waals surface area contributed by atoms with Gasteiger partial charge in [0.15, 0.2) is 0 Å². The van der Waals surface area contributed by atoms with Crippen LogP contribution in [0.15, 0.2) is 0 Å². The van der Waals surface area contributed by atoms with E-state index in [0.717, 1.165) is 32.4 Å². The number of hydrogen-bond donors (Lipinski definition) is 1. The Morgan fingerprint density at radius 2 is 2.06 bits per heavy atom. The largest absolute Gasteiger partial charge is 0.464 e. The molecule has 0 saturated carbocycles. The van der Waals surface area contributed by atoms with Crippen LogP contribution in [0.5, 0.6) is 0 Å². The molecule has 2 aliphatic rings. The van der Waals surface area contributed by atoms with Gasteiger partial charge in [0, 0.05) is 19.4 Å². The smallest absolute Gasteiger partial charge is 0.323 e. The fourth-order valence-electron chi connectivity index (χ4n) is 2.49. The second kappa shape index (κ2) is 4.82. The number of carbonyl (C=O) groups excluding carboxylic acids is 2. The molecule has 2 fully saturated rings. The lowest BCUT2D eigenvalue weighted by atomic mass is 9.95. The Morgan fingerprint density at radius 1 is 1.38 bits per heavy atom. The topological polar surface area (TPSA) is 58.6 Å². The molecule has 5 heteroatoms. The number of hydrogen-bond acceptors (Lipinski definition) is 4. The molecule has 0 bridgehead atoms. The molecule has 16 heavy (non-hydrogen) atoms. The van der Waals surface area contributed by atoms with Gasteiger partial charge in [-0.05, 0) is 25.9 Å². The first-order valence-corrected chi connectivity index (χ1v) is 5.84. The normalized spacial score (nSPS) is 27.8. The number of carbonyl (C=O) groups is 2. The second-order valence-corrected chi connectivity index (χ2v) is 4.40. The van der Waals surface area contributed by atoms with E-state index < -0.39 is 0 Å². The van der Waals surface area contributed by atoms with Crippen molar-refractivity contribution in [1.82, 2.24) is 10.2 Å². The number of piperidine rings is 1. The van der Waals surface area contributed by atoms with E-state index in [0.29, 0.717) is 6.61 Å². The Hall–Kier alpha value is -1.10. The summed E-state index contributed by atoms with van der Waals surface area (Å²) in [7, 11) is 1.67. The molecule has 2 saturated heterocycles. The third-order valence-electron chi connectivity index (χ3n) is 3.50. The minimum absolute atomic E-state index is 0.0642. The highest BCUT2D eigenvalue weighted by molar-refractivity contribution is 5.79. The molecular formula is C11H18N2O3. The van der Waals surface area contributed by atoms with E-state index in [9.17, 15) is 9.59 Å². The first-order valence-electron chi connectivity index (χ1n) is 5.84. The molecule has 5 nitrogen and oxygen atoms in total. The fourth-order valence-corrected chi connectivity index (χ4v) is 2.49. The van der Waals surface area contributed by atoms with Crippen LogP contribution >= 0.6 is 0 Å². The standard InChI is InChI=1S/C11H18N2O3/c1-12-10(14)8-2-5-13(6-3-8)9-4-7-16-11(9)15/h8-9H,2-7H2,1H3,(H,12,14). The molecule has 2 heterocycles. The Kier molecular flexibility index (Phi) is 3.43. The molecule has 0 aromatic carbocycles. The van der Waals surface area contributed by atoms with Gasteiger partial charge in [-0.2, -0.15) is 0 Å². The summed E-state index contributed by atoms with van der Waals surface area (Å²) in [6.45, 7) is 2.18. The summed E-state index contributed by atoms with van der Waals surface area (Å²) < 4.78 is 4.95. The van der Waals surface area contributed by atoms with Gasteiger partial charge in [-0.25, -0.2) is 0 Å². The number of nitrogens with zero attached hydrogens (tertiary/aromatic N) is 1. The molecule has 1 unspecified atom stereocenters. The van der Waals surface area contributed by atoms with E-state index in [2.05, 4.69) is 10.2 Å². The number of ether oxygens (including phenoxy) is 1. The molecule has 0 aromatic heterocycles. The van der Waals surface area contributed by atoms with Crippen molar-refractivity contribution in [2.75, 3.05) is 26.7 Å². The lowest BCUT2D eigenvalue weighted by molar-refractivity contribution is -0.142. The van der Waals surface area contributed by atoms with Gasteiger partial charge in [0.25, 0.3) is 0 Å². The van der Waals surface area contributed by atoms with Crippen LogP contribution in [0.3, 0.4) is 0 Å². The molecule has 0 radical (unpaired) electrons. The SMILES string of the molecule is CNC(=O)C1CCN(C2CCOC2=O)CC1. The predicted octanol–water partition coefficient (Wildman–Crippen LogP) is -0.240. The quantitative estimate of drug-likeness (QED) is 0.660. The van der Waals surface area contributed by atoms with Crippen LogP contribution in [0.2, 0.25) is 0 Å². The van der Waals surface area contributed by atoms with Crippen molar-refractivity contribution in [2.24, 2.45) is 5.92 Å². The van der Waals surface area contributed by atoms with E-state index in [-0.39, 0.29) is 23.8 Å². The molecule has 90 valence electrons. The van der Waals surface area contributed by atoms with E-state index in [4.69, 9.17) is 4.74 Å². The Bertz CT molecular complexity index is 285. The second-order valence-electron chi connectivity index (χ2n) is 4.40. The number of nitrogens with one attached hydrogen (secondary N) is 1. The molecule has 2 aliphatic heterocycles. The Labute approximate surface area is 95.1 Å². The minimum Gasteiger partial charge on any atom is -0.464 e. The maximum absolute atomic E-state index is 11.4. The molecule has 1 amide bonds. The van der Waals surface area contributed by atoms with Gasteiger partial charge in [-0.1, -0.05) is 0 Å². The van der Waals surface area contributed by atoms with Crippen LogP contribution in [-0.2, 0) is 14.3 Å². The number of amides is 1. The highest BCUT2D eigenvalue weighted by atomic mass is 16.5. The number of esters is 1. The van der Waals surface area contributed by atoms with Gasteiger partial charge in [-0.3, -0.25) is 14.5 Å². The zero-order valence-electron chi connectivity index (χ0n) is 9.57. The first kappa shape index (κ1) is 11.4. The van der Waals surface area contributed by atoms with Crippen LogP contribution in [0.1, 0.15) is 19.3 Å². The lowest BCUT2D eigenvalue weighted by Gasteiger charge is -2.33. The highest BCUT2D eigenvalue weighted by Crippen LogP contribution is 2.22. The third kappa shape index (κ3) is 2.19. The van der Waals surface area contributed by atoms with Gasteiger partial charge in [0.05, 0.1) is 6.61 Å². The Balaban J connectivity index is 1.85. The van der Waals surface area contributed by atoms with Crippen molar-refractivity contribution < 1.29 is 14.3 Å². The molecule has 2 rings (SSSR count). The van der Waals surface area contributed by atoms with Crippen molar-refractivity contribution in [1.29, 1.82) is 0 Å². The average Bonchev–Trinajstić information content (AvgIpc) is 2.75. The maximum atomic E-state index is 11.4. The summed E-state index contributed by atoms with van der Waals surface area (Å²) in [5.74, 6) is 0.130. The summed E-state index contributed by atoms with van der Waals surface area (Å²) >= 11 is 0. The monoisotopic (exact) mass is 226 g/mol. The van der Waals surface area contributed by atoms with Crippen LogP contribution in [0.25, 0.3) is 0 Å². The molecule has 0 aromatic rings. The summed E-state index contributed by atoms with van der Waals surface area (Å²) in [5.41, 5.74) is 0. The summed E-state index contributed by atoms with van der Waals surface area (Å²) in [6, 6.07) is -0.0642. The third-order valence-corrected chi connectivity index (χ3v) is 3.50. The molecule has 1 N–H and O–H groups in total. The lowest BCUT2D eigenvalue weighted by Crippen LogP contribution is -2.46. The minimum atomic E-state index is -0.0987. The van der Waals surface area contributed by atoms with Crippen LogP contribution in [0.4, 0.5) is 0 Å². The van der Waals surface area contributed by atoms with Crippen LogP contribution in [-0.4, -0.2) is 49.6 Å². The van der Waals surface area contributed by atoms with Crippen LogP contribution in [0, 0.1) is 5.92 Å². The number of cyclic esters (lactones) is 1. The van der Waals surface area contributed by atoms with Crippen LogP contribution < -0.4 is 5.32 Å². The van der Waals surface area contributed by atoms with Crippen molar-refractivity contribution in [2.45, 2.75) is 25.3 Å². The fraction of sp³-hybridized carbons (Fsp3) is 0.818. The maximum Gasteiger partial charge on any atom is 0.323 e.